The summed E-state index contributed by atoms with van der Waals surface area (Å²) in [6.45, 7) is 0. The summed E-state index contributed by atoms with van der Waals surface area (Å²) in [5.41, 5.74) is -1.47. The molecule has 4 aromatic rings. The molecule has 1 aliphatic heterocycles. The summed E-state index contributed by atoms with van der Waals surface area (Å²) in [5, 5.41) is 4.72. The molecular formula is C26H17Cl2F3N2O3. The highest BCUT2D eigenvalue weighted by molar-refractivity contribution is 6.34. The van der Waals surface area contributed by atoms with Crippen LogP contribution in [0.4, 0.5) is 13.2 Å². The van der Waals surface area contributed by atoms with Crippen molar-refractivity contribution in [1.82, 2.24) is 4.57 Å². The molecule has 0 saturated carbocycles. The highest BCUT2D eigenvalue weighted by Gasteiger charge is 2.62. The SMILES string of the molecule is COc1ccc2ccn(C(=O)c3ccc(C4=NOC(c5cc(Cl)cc(Cl)c5)(C(F)(F)F)C4)cc3)c2c1. The van der Waals surface area contributed by atoms with Gasteiger partial charge in [-0.15, -0.1) is 0 Å². The van der Waals surface area contributed by atoms with Crippen LogP contribution in [0.1, 0.15) is 27.9 Å². The number of halogens is 5. The lowest BCUT2D eigenvalue weighted by Crippen LogP contribution is -2.42. The third-order valence-corrected chi connectivity index (χ3v) is 6.54. The number of carbonyl (C=O) groups is 1. The van der Waals surface area contributed by atoms with Gasteiger partial charge in [0.1, 0.15) is 5.75 Å². The molecule has 36 heavy (non-hydrogen) atoms. The van der Waals surface area contributed by atoms with Crippen LogP contribution >= 0.6 is 23.2 Å². The number of fused-ring (bicyclic) bond motifs is 1. The number of benzene rings is 3. The predicted octanol–water partition coefficient (Wildman–Crippen LogP) is 7.23. The van der Waals surface area contributed by atoms with Crippen molar-refractivity contribution in [2.24, 2.45) is 5.16 Å². The Morgan fingerprint density at radius 3 is 2.36 bits per heavy atom. The maximum Gasteiger partial charge on any atom is 0.435 e. The molecule has 10 heteroatoms. The summed E-state index contributed by atoms with van der Waals surface area (Å²) >= 11 is 11.9. The number of alkyl halides is 3. The van der Waals surface area contributed by atoms with Gasteiger partial charge in [-0.1, -0.05) is 40.5 Å². The molecule has 0 N–H and O–H groups in total. The summed E-state index contributed by atoms with van der Waals surface area (Å²) in [6.07, 6.45) is -3.72. The van der Waals surface area contributed by atoms with Crippen molar-refractivity contribution >= 4 is 45.7 Å². The van der Waals surface area contributed by atoms with E-state index < -0.39 is 18.2 Å². The lowest BCUT2D eigenvalue weighted by atomic mass is 9.86. The van der Waals surface area contributed by atoms with Crippen LogP contribution in [0, 0.1) is 0 Å². The van der Waals surface area contributed by atoms with Crippen LogP contribution in [0.3, 0.4) is 0 Å². The van der Waals surface area contributed by atoms with E-state index >= 15 is 0 Å². The van der Waals surface area contributed by atoms with Crippen molar-refractivity contribution < 1.29 is 27.5 Å². The predicted molar refractivity (Wildman–Crippen MR) is 131 cm³/mol. The number of ether oxygens (including phenoxy) is 1. The third kappa shape index (κ3) is 4.10. The molecule has 1 aliphatic rings. The molecule has 184 valence electrons. The lowest BCUT2D eigenvalue weighted by molar-refractivity contribution is -0.275. The van der Waals surface area contributed by atoms with Crippen LogP contribution in [-0.4, -0.2) is 29.5 Å². The first-order chi connectivity index (χ1) is 17.1. The lowest BCUT2D eigenvalue weighted by Gasteiger charge is -2.29. The fourth-order valence-electron chi connectivity index (χ4n) is 4.20. The van der Waals surface area contributed by atoms with Crippen molar-refractivity contribution in [3.8, 4) is 5.75 Å². The summed E-state index contributed by atoms with van der Waals surface area (Å²) in [6, 6.07) is 17.0. The number of hydrogen-bond donors (Lipinski definition) is 0. The monoisotopic (exact) mass is 532 g/mol. The van der Waals surface area contributed by atoms with E-state index in [-0.39, 0.29) is 27.2 Å². The molecule has 1 unspecified atom stereocenters. The number of oxime groups is 1. The van der Waals surface area contributed by atoms with Gasteiger partial charge in [0.05, 0.1) is 18.3 Å². The molecule has 0 amide bonds. The number of nitrogens with zero attached hydrogens (tertiary/aromatic N) is 2. The normalized spacial score (nSPS) is 17.7. The van der Waals surface area contributed by atoms with E-state index in [0.29, 0.717) is 22.4 Å². The van der Waals surface area contributed by atoms with E-state index in [1.165, 1.54) is 22.8 Å². The summed E-state index contributed by atoms with van der Waals surface area (Å²) in [4.78, 5) is 18.2. The summed E-state index contributed by atoms with van der Waals surface area (Å²) < 4.78 is 49.4. The van der Waals surface area contributed by atoms with Crippen molar-refractivity contribution in [1.29, 1.82) is 0 Å². The fraction of sp³-hybridized carbons (Fsp3) is 0.154. The molecule has 0 aliphatic carbocycles. The standard InChI is InChI=1S/C26H17Cl2F3N2O3/c1-35-21-7-6-16-8-9-33(23(16)13-21)24(34)17-4-2-15(3-5-17)22-14-25(36-32-22,26(29,30)31)18-10-19(27)12-20(28)11-18/h2-13H,14H2,1H3. The van der Waals surface area contributed by atoms with Crippen LogP contribution in [-0.2, 0) is 10.4 Å². The van der Waals surface area contributed by atoms with Crippen molar-refractivity contribution in [2.45, 2.75) is 18.2 Å². The zero-order valence-electron chi connectivity index (χ0n) is 18.6. The molecule has 0 saturated heterocycles. The van der Waals surface area contributed by atoms with E-state index in [9.17, 15) is 18.0 Å². The van der Waals surface area contributed by atoms with Gasteiger partial charge >= 0.3 is 6.18 Å². The largest absolute Gasteiger partial charge is 0.497 e. The molecule has 0 radical (unpaired) electrons. The topological polar surface area (TPSA) is 52.8 Å². The van der Waals surface area contributed by atoms with Gasteiger partial charge in [0.25, 0.3) is 11.5 Å². The van der Waals surface area contributed by atoms with E-state index in [1.807, 2.05) is 12.1 Å². The number of methoxy groups -OCH3 is 1. The molecule has 0 spiro atoms. The summed E-state index contributed by atoms with van der Waals surface area (Å²) in [7, 11) is 1.54. The van der Waals surface area contributed by atoms with Crippen molar-refractivity contribution in [3.05, 3.63) is 99.7 Å². The number of aromatic nitrogens is 1. The molecule has 5 nitrogen and oxygen atoms in total. The van der Waals surface area contributed by atoms with E-state index in [2.05, 4.69) is 5.16 Å². The first-order valence-corrected chi connectivity index (χ1v) is 11.5. The van der Waals surface area contributed by atoms with Gasteiger partial charge in [0.2, 0.25) is 0 Å². The van der Waals surface area contributed by atoms with Gasteiger partial charge < -0.3 is 9.57 Å². The molecule has 1 aromatic heterocycles. The van der Waals surface area contributed by atoms with Crippen LogP contribution in [0.2, 0.25) is 10.0 Å². The second-order valence-corrected chi connectivity index (χ2v) is 9.15. The number of carbonyl (C=O) groups excluding carboxylic acids is 1. The first kappa shape index (κ1) is 24.2. The fourth-order valence-corrected chi connectivity index (χ4v) is 4.73. The van der Waals surface area contributed by atoms with Gasteiger partial charge in [-0.3, -0.25) is 9.36 Å². The first-order valence-electron chi connectivity index (χ1n) is 10.7. The second-order valence-electron chi connectivity index (χ2n) is 8.28. The molecule has 2 heterocycles. The van der Waals surface area contributed by atoms with Gasteiger partial charge in [-0.25, -0.2) is 0 Å². The van der Waals surface area contributed by atoms with Gasteiger partial charge in [-0.2, -0.15) is 13.2 Å². The van der Waals surface area contributed by atoms with Crippen LogP contribution in [0.25, 0.3) is 10.9 Å². The van der Waals surface area contributed by atoms with Gasteiger partial charge in [0, 0.05) is 45.2 Å². The maximum absolute atomic E-state index is 14.2. The maximum atomic E-state index is 14.2. The minimum absolute atomic E-state index is 0.0520. The number of hydrogen-bond acceptors (Lipinski definition) is 4. The Bertz CT molecular complexity index is 1490. The Hall–Kier alpha value is -3.49. The van der Waals surface area contributed by atoms with Gasteiger partial charge in [0.15, 0.2) is 0 Å². The summed E-state index contributed by atoms with van der Waals surface area (Å²) in [5.74, 6) is 0.312. The molecule has 5 rings (SSSR count). The van der Waals surface area contributed by atoms with E-state index in [0.717, 1.165) is 17.5 Å². The number of rotatable bonds is 4. The zero-order valence-corrected chi connectivity index (χ0v) is 20.2. The van der Waals surface area contributed by atoms with Gasteiger partial charge in [-0.05, 0) is 54.1 Å². The van der Waals surface area contributed by atoms with E-state index in [4.69, 9.17) is 32.8 Å². The molecule has 1 atom stereocenters. The molecule has 0 fully saturated rings. The van der Waals surface area contributed by atoms with Crippen LogP contribution in [0.5, 0.6) is 5.75 Å². The average Bonchev–Trinajstić information content (AvgIpc) is 3.48. The highest BCUT2D eigenvalue weighted by Crippen LogP contribution is 2.49. The van der Waals surface area contributed by atoms with Crippen molar-refractivity contribution in [2.75, 3.05) is 7.11 Å². The second kappa shape index (κ2) is 8.87. The Morgan fingerprint density at radius 1 is 1.03 bits per heavy atom. The molecular weight excluding hydrogens is 516 g/mol. The molecule has 0 bridgehead atoms. The minimum Gasteiger partial charge on any atom is -0.497 e. The Labute approximate surface area is 213 Å². The van der Waals surface area contributed by atoms with Crippen LogP contribution < -0.4 is 4.74 Å². The Morgan fingerprint density at radius 2 is 1.72 bits per heavy atom. The minimum atomic E-state index is -4.79. The average molecular weight is 533 g/mol. The smallest absolute Gasteiger partial charge is 0.435 e. The Balaban J connectivity index is 1.43. The highest BCUT2D eigenvalue weighted by atomic mass is 35.5. The van der Waals surface area contributed by atoms with Crippen molar-refractivity contribution in [3.63, 3.8) is 0 Å². The molecule has 3 aromatic carbocycles. The quantitative estimate of drug-likeness (QED) is 0.278. The Kier molecular flexibility index (Phi) is 5.97. The third-order valence-electron chi connectivity index (χ3n) is 6.10. The van der Waals surface area contributed by atoms with Crippen LogP contribution in [0.15, 0.2) is 78.1 Å². The van der Waals surface area contributed by atoms with E-state index in [1.54, 1.807) is 37.6 Å². The zero-order chi connectivity index (χ0) is 25.7.